The number of amides is 1. The molecule has 2 heterocycles. The van der Waals surface area contributed by atoms with E-state index in [1.54, 1.807) is 55.6 Å². The second-order valence-electron chi connectivity index (χ2n) is 6.55. The maximum absolute atomic E-state index is 12.6. The van der Waals surface area contributed by atoms with Gasteiger partial charge in [-0.2, -0.15) is 0 Å². The summed E-state index contributed by atoms with van der Waals surface area (Å²) < 4.78 is 5.84. The Morgan fingerprint density at radius 2 is 1.97 bits per heavy atom. The number of thioether (sulfide) groups is 1. The van der Waals surface area contributed by atoms with E-state index < -0.39 is 5.97 Å². The number of nitrogens with zero attached hydrogens (tertiary/aromatic N) is 2. The maximum atomic E-state index is 12.6. The molecule has 2 aromatic carbocycles. The minimum absolute atomic E-state index is 0.124. The third kappa shape index (κ3) is 4.54. The Labute approximate surface area is 191 Å². The summed E-state index contributed by atoms with van der Waals surface area (Å²) >= 11 is 13.4. The number of furan rings is 1. The molecule has 1 aliphatic heterocycles. The normalized spacial score (nSPS) is 16.5. The molecule has 0 saturated carbocycles. The van der Waals surface area contributed by atoms with Crippen LogP contribution in [0.4, 0.5) is 5.69 Å². The SMILES string of the molecule is CN1C(=O)/C(=C/c2ccc(-c3ccc(Cl)cc3Cl)o2)SC1=Nc1cccc(C(=O)O)c1. The van der Waals surface area contributed by atoms with Crippen molar-refractivity contribution in [3.05, 3.63) is 80.9 Å². The van der Waals surface area contributed by atoms with Crippen molar-refractivity contribution in [1.29, 1.82) is 0 Å². The number of aromatic carboxylic acids is 1. The number of benzene rings is 2. The van der Waals surface area contributed by atoms with Crippen LogP contribution in [-0.4, -0.2) is 34.1 Å². The van der Waals surface area contributed by atoms with Crippen LogP contribution in [0.3, 0.4) is 0 Å². The standard InChI is InChI=1S/C22H14Cl2N2O4S/c1-26-20(27)19(31-22(26)25-14-4-2-3-12(9-14)21(28)29)11-15-6-8-18(30-15)16-7-5-13(23)10-17(16)24/h2-11H,1H3,(H,28,29)/b19-11-,25-22?. The van der Waals surface area contributed by atoms with Crippen LogP contribution in [0.25, 0.3) is 17.4 Å². The fourth-order valence-corrected chi connectivity index (χ4v) is 4.33. The number of aliphatic imine (C=N–C) groups is 1. The second-order valence-corrected chi connectivity index (χ2v) is 8.40. The zero-order valence-electron chi connectivity index (χ0n) is 16.0. The zero-order chi connectivity index (χ0) is 22.1. The molecule has 31 heavy (non-hydrogen) atoms. The molecule has 0 bridgehead atoms. The molecular weight excluding hydrogens is 459 g/mol. The van der Waals surface area contributed by atoms with Crippen molar-refractivity contribution in [2.75, 3.05) is 7.05 Å². The lowest BCUT2D eigenvalue weighted by Crippen LogP contribution is -2.23. The van der Waals surface area contributed by atoms with Gasteiger partial charge >= 0.3 is 5.97 Å². The number of amidine groups is 1. The smallest absolute Gasteiger partial charge is 0.335 e. The Balaban J connectivity index is 1.60. The van der Waals surface area contributed by atoms with E-state index in [-0.39, 0.29) is 11.5 Å². The monoisotopic (exact) mass is 472 g/mol. The molecule has 1 aromatic heterocycles. The third-order valence-corrected chi connectivity index (χ3v) is 6.03. The third-order valence-electron chi connectivity index (χ3n) is 4.42. The molecule has 1 fully saturated rings. The van der Waals surface area contributed by atoms with Gasteiger partial charge in [-0.15, -0.1) is 0 Å². The van der Waals surface area contributed by atoms with Gasteiger partial charge in [-0.3, -0.25) is 9.69 Å². The van der Waals surface area contributed by atoms with Gasteiger partial charge in [-0.25, -0.2) is 9.79 Å². The van der Waals surface area contributed by atoms with Gasteiger partial charge in [-0.05, 0) is 60.3 Å². The molecular formula is C22H14Cl2N2O4S. The number of carboxylic acid groups (broad SMARTS) is 1. The van der Waals surface area contributed by atoms with E-state index >= 15 is 0 Å². The van der Waals surface area contributed by atoms with Gasteiger partial charge in [0.1, 0.15) is 11.5 Å². The van der Waals surface area contributed by atoms with Crippen molar-refractivity contribution in [3.63, 3.8) is 0 Å². The highest BCUT2D eigenvalue weighted by Gasteiger charge is 2.30. The van der Waals surface area contributed by atoms with E-state index in [2.05, 4.69) is 4.99 Å². The number of carbonyl (C=O) groups excluding carboxylic acids is 1. The minimum Gasteiger partial charge on any atom is -0.478 e. The van der Waals surface area contributed by atoms with Gasteiger partial charge in [0, 0.05) is 23.7 Å². The van der Waals surface area contributed by atoms with E-state index in [9.17, 15) is 9.59 Å². The highest BCUT2D eigenvalue weighted by Crippen LogP contribution is 2.35. The molecule has 4 rings (SSSR count). The number of hydrogen-bond acceptors (Lipinski definition) is 5. The van der Waals surface area contributed by atoms with Crippen LogP contribution >= 0.6 is 35.0 Å². The number of carboxylic acids is 1. The van der Waals surface area contributed by atoms with Crippen LogP contribution in [0.1, 0.15) is 16.1 Å². The summed E-state index contributed by atoms with van der Waals surface area (Å²) in [6.45, 7) is 0. The number of carbonyl (C=O) groups is 2. The maximum Gasteiger partial charge on any atom is 0.335 e. The fourth-order valence-electron chi connectivity index (χ4n) is 2.86. The summed E-state index contributed by atoms with van der Waals surface area (Å²) in [6.07, 6.45) is 1.63. The summed E-state index contributed by atoms with van der Waals surface area (Å²) in [7, 11) is 1.61. The van der Waals surface area contributed by atoms with Crippen molar-refractivity contribution in [3.8, 4) is 11.3 Å². The van der Waals surface area contributed by atoms with Gasteiger partial charge in [0.2, 0.25) is 0 Å². The lowest BCUT2D eigenvalue weighted by molar-refractivity contribution is -0.121. The Hall–Kier alpha value is -3.00. The average molecular weight is 473 g/mol. The van der Waals surface area contributed by atoms with Crippen LogP contribution in [0.5, 0.6) is 0 Å². The van der Waals surface area contributed by atoms with Gasteiger partial charge in [0.25, 0.3) is 5.91 Å². The van der Waals surface area contributed by atoms with Gasteiger partial charge < -0.3 is 9.52 Å². The predicted molar refractivity (Wildman–Crippen MR) is 123 cm³/mol. The molecule has 156 valence electrons. The summed E-state index contributed by atoms with van der Waals surface area (Å²) in [5.74, 6) is -0.239. The van der Waals surface area contributed by atoms with Crippen LogP contribution < -0.4 is 0 Å². The Kier molecular flexibility index (Phi) is 5.91. The first-order chi connectivity index (χ1) is 14.8. The fraction of sp³-hybridized carbons (Fsp3) is 0.0455. The lowest BCUT2D eigenvalue weighted by atomic mass is 10.2. The van der Waals surface area contributed by atoms with Crippen molar-refractivity contribution < 1.29 is 19.1 Å². The summed E-state index contributed by atoms with van der Waals surface area (Å²) in [4.78, 5) is 30.0. The van der Waals surface area contributed by atoms with Crippen LogP contribution in [-0.2, 0) is 4.79 Å². The molecule has 3 aromatic rings. The molecule has 1 amide bonds. The van der Waals surface area contributed by atoms with E-state index in [0.29, 0.717) is 42.9 Å². The molecule has 0 spiro atoms. The lowest BCUT2D eigenvalue weighted by Gasteiger charge is -2.07. The zero-order valence-corrected chi connectivity index (χ0v) is 18.3. The Morgan fingerprint density at radius 3 is 2.71 bits per heavy atom. The summed E-state index contributed by atoms with van der Waals surface area (Å²) in [5, 5.41) is 10.6. The van der Waals surface area contributed by atoms with E-state index in [4.69, 9.17) is 32.7 Å². The van der Waals surface area contributed by atoms with Gasteiger partial charge in [0.15, 0.2) is 5.17 Å². The van der Waals surface area contributed by atoms with Crippen molar-refractivity contribution >= 4 is 63.8 Å². The minimum atomic E-state index is -1.04. The first kappa shape index (κ1) is 21.2. The molecule has 1 N–H and O–H groups in total. The molecule has 1 saturated heterocycles. The highest BCUT2D eigenvalue weighted by atomic mass is 35.5. The number of hydrogen-bond donors (Lipinski definition) is 1. The number of halogens is 2. The van der Waals surface area contributed by atoms with Crippen LogP contribution in [0.2, 0.25) is 10.0 Å². The quantitative estimate of drug-likeness (QED) is 0.457. The molecule has 0 unspecified atom stereocenters. The van der Waals surface area contributed by atoms with Crippen molar-refractivity contribution in [1.82, 2.24) is 4.90 Å². The van der Waals surface area contributed by atoms with E-state index in [0.717, 1.165) is 0 Å². The van der Waals surface area contributed by atoms with E-state index in [1.165, 1.54) is 28.8 Å². The summed E-state index contributed by atoms with van der Waals surface area (Å²) in [5.41, 5.74) is 1.26. The molecule has 0 aliphatic carbocycles. The molecule has 6 nitrogen and oxygen atoms in total. The number of likely N-dealkylation sites (N-methyl/N-ethyl adjacent to an activating group) is 1. The van der Waals surface area contributed by atoms with Gasteiger partial charge in [0.05, 0.1) is 21.2 Å². The van der Waals surface area contributed by atoms with E-state index in [1.807, 2.05) is 0 Å². The predicted octanol–water partition coefficient (Wildman–Crippen LogP) is 6.19. The first-order valence-corrected chi connectivity index (χ1v) is 10.5. The Morgan fingerprint density at radius 1 is 1.16 bits per heavy atom. The highest BCUT2D eigenvalue weighted by molar-refractivity contribution is 8.18. The van der Waals surface area contributed by atoms with Crippen molar-refractivity contribution in [2.24, 2.45) is 4.99 Å². The number of rotatable bonds is 4. The molecule has 1 aliphatic rings. The van der Waals surface area contributed by atoms with Crippen LogP contribution in [0.15, 0.2) is 68.9 Å². The van der Waals surface area contributed by atoms with Crippen LogP contribution in [0, 0.1) is 0 Å². The molecule has 0 atom stereocenters. The average Bonchev–Trinajstić information content (AvgIpc) is 3.29. The second kappa shape index (κ2) is 8.63. The Bertz CT molecular complexity index is 1270. The largest absolute Gasteiger partial charge is 0.478 e. The first-order valence-electron chi connectivity index (χ1n) is 8.97. The molecule has 9 heteroatoms. The van der Waals surface area contributed by atoms with Gasteiger partial charge in [-0.1, -0.05) is 29.3 Å². The molecule has 0 radical (unpaired) electrons. The topological polar surface area (TPSA) is 83.1 Å². The van der Waals surface area contributed by atoms with Crippen molar-refractivity contribution in [2.45, 2.75) is 0 Å². The summed E-state index contributed by atoms with van der Waals surface area (Å²) in [6, 6.07) is 14.8.